The van der Waals surface area contributed by atoms with Crippen molar-refractivity contribution in [1.82, 2.24) is 15.3 Å². The van der Waals surface area contributed by atoms with Gasteiger partial charge in [0.15, 0.2) is 11.6 Å². The number of nitrogens with one attached hydrogen (secondary N) is 2. The highest BCUT2D eigenvalue weighted by molar-refractivity contribution is 5.86. The Morgan fingerprint density at radius 2 is 2.00 bits per heavy atom. The highest BCUT2D eigenvalue weighted by Gasteiger charge is 2.17. The maximum Gasteiger partial charge on any atom is 0.252 e. The van der Waals surface area contributed by atoms with Crippen LogP contribution in [0, 0.1) is 25.5 Å². The number of amides is 1. The van der Waals surface area contributed by atoms with E-state index in [9.17, 15) is 18.4 Å². The van der Waals surface area contributed by atoms with Crippen molar-refractivity contribution in [2.24, 2.45) is 0 Å². The molecule has 0 unspecified atom stereocenters. The van der Waals surface area contributed by atoms with Gasteiger partial charge in [-0.25, -0.2) is 8.78 Å². The molecular formula is C24H25F2N3O2. The van der Waals surface area contributed by atoms with E-state index in [-0.39, 0.29) is 34.4 Å². The van der Waals surface area contributed by atoms with E-state index in [1.807, 2.05) is 13.1 Å². The van der Waals surface area contributed by atoms with E-state index in [2.05, 4.69) is 34.4 Å². The Hall–Kier alpha value is -3.35. The van der Waals surface area contributed by atoms with E-state index in [1.54, 1.807) is 6.20 Å². The molecule has 0 spiro atoms. The zero-order valence-electron chi connectivity index (χ0n) is 17.8. The molecule has 7 heteroatoms. The third kappa shape index (κ3) is 5.05. The van der Waals surface area contributed by atoms with Crippen LogP contribution in [0.1, 0.15) is 42.0 Å². The quantitative estimate of drug-likeness (QED) is 0.553. The van der Waals surface area contributed by atoms with Crippen molar-refractivity contribution in [2.75, 3.05) is 6.54 Å². The van der Waals surface area contributed by atoms with Gasteiger partial charge in [0.25, 0.3) is 5.56 Å². The highest BCUT2D eigenvalue weighted by Crippen LogP contribution is 2.23. The normalized spacial score (nSPS) is 11.7. The number of allylic oxidation sites excluding steroid dienone is 1. The summed E-state index contributed by atoms with van der Waals surface area (Å²) in [4.78, 5) is 31.5. The summed E-state index contributed by atoms with van der Waals surface area (Å²) in [5.41, 5.74) is 3.40. The summed E-state index contributed by atoms with van der Waals surface area (Å²) in [5, 5.41) is 2.77. The Morgan fingerprint density at radius 3 is 2.71 bits per heavy atom. The van der Waals surface area contributed by atoms with Crippen LogP contribution in [-0.4, -0.2) is 22.4 Å². The zero-order valence-corrected chi connectivity index (χ0v) is 17.8. The summed E-state index contributed by atoms with van der Waals surface area (Å²) >= 11 is 0. The van der Waals surface area contributed by atoms with Gasteiger partial charge in [-0.1, -0.05) is 13.0 Å². The number of fused-ring (bicyclic) bond motifs is 1. The van der Waals surface area contributed by atoms with Gasteiger partial charge in [-0.05, 0) is 67.2 Å². The summed E-state index contributed by atoms with van der Waals surface area (Å²) in [6, 6.07) is 4.34. The van der Waals surface area contributed by atoms with Crippen molar-refractivity contribution in [3.8, 4) is 0 Å². The monoisotopic (exact) mass is 425 g/mol. The van der Waals surface area contributed by atoms with Gasteiger partial charge in [-0.3, -0.25) is 14.6 Å². The molecule has 0 atom stereocenters. The molecule has 0 aliphatic carbocycles. The first-order valence-corrected chi connectivity index (χ1v) is 10.2. The van der Waals surface area contributed by atoms with Gasteiger partial charge in [0, 0.05) is 29.9 Å². The Labute approximate surface area is 179 Å². The SMILES string of the molecule is CC/C(=C\CCNC(=O)Cc1c(C)c2c(F)c(F)ccc2[nH]c1=O)c1cncc(C)c1. The molecule has 3 rings (SSSR count). The summed E-state index contributed by atoms with van der Waals surface area (Å²) in [5.74, 6) is -2.38. The zero-order chi connectivity index (χ0) is 22.5. The average molecular weight is 425 g/mol. The molecule has 162 valence electrons. The van der Waals surface area contributed by atoms with E-state index in [0.29, 0.717) is 13.0 Å². The number of aromatic amines is 1. The summed E-state index contributed by atoms with van der Waals surface area (Å²) in [6.07, 6.45) is 6.93. The predicted molar refractivity (Wildman–Crippen MR) is 118 cm³/mol. The van der Waals surface area contributed by atoms with Gasteiger partial charge in [0.1, 0.15) is 0 Å². The van der Waals surface area contributed by atoms with E-state index in [1.165, 1.54) is 13.0 Å². The fourth-order valence-electron chi connectivity index (χ4n) is 3.63. The van der Waals surface area contributed by atoms with Crippen LogP contribution in [0.5, 0.6) is 0 Å². The summed E-state index contributed by atoms with van der Waals surface area (Å²) in [6.45, 7) is 5.97. The van der Waals surface area contributed by atoms with Crippen LogP contribution in [0.3, 0.4) is 0 Å². The first-order valence-electron chi connectivity index (χ1n) is 10.2. The van der Waals surface area contributed by atoms with Crippen molar-refractivity contribution in [2.45, 2.75) is 40.0 Å². The molecule has 1 aromatic carbocycles. The number of H-pyrrole nitrogens is 1. The van der Waals surface area contributed by atoms with Gasteiger partial charge >= 0.3 is 0 Å². The number of nitrogens with zero attached hydrogens (tertiary/aromatic N) is 1. The second kappa shape index (κ2) is 9.64. The van der Waals surface area contributed by atoms with E-state index in [0.717, 1.165) is 29.2 Å². The number of carbonyl (C=O) groups is 1. The molecule has 5 nitrogen and oxygen atoms in total. The van der Waals surface area contributed by atoms with Gasteiger partial charge in [0.05, 0.1) is 11.9 Å². The molecular weight excluding hydrogens is 400 g/mol. The molecule has 0 aliphatic rings. The third-order valence-corrected chi connectivity index (χ3v) is 5.27. The number of pyridine rings is 2. The molecule has 2 aromatic heterocycles. The first kappa shape index (κ1) is 22.3. The maximum absolute atomic E-state index is 14.2. The lowest BCUT2D eigenvalue weighted by Gasteiger charge is -2.10. The van der Waals surface area contributed by atoms with Crippen molar-refractivity contribution in [1.29, 1.82) is 0 Å². The number of rotatable bonds is 7. The maximum atomic E-state index is 14.2. The number of aromatic nitrogens is 2. The molecule has 31 heavy (non-hydrogen) atoms. The Bertz CT molecular complexity index is 1220. The molecule has 1 amide bonds. The summed E-state index contributed by atoms with van der Waals surface area (Å²) < 4.78 is 27.8. The van der Waals surface area contributed by atoms with Crippen molar-refractivity contribution < 1.29 is 13.6 Å². The molecule has 0 radical (unpaired) electrons. The van der Waals surface area contributed by atoms with Crippen LogP contribution in [-0.2, 0) is 11.2 Å². The largest absolute Gasteiger partial charge is 0.356 e. The van der Waals surface area contributed by atoms with Crippen molar-refractivity contribution >= 4 is 22.4 Å². The number of carbonyl (C=O) groups excluding carboxylic acids is 1. The fraction of sp³-hybridized carbons (Fsp3) is 0.292. The highest BCUT2D eigenvalue weighted by atomic mass is 19.2. The average Bonchev–Trinajstić information content (AvgIpc) is 2.73. The van der Waals surface area contributed by atoms with Crippen LogP contribution in [0.15, 0.2) is 41.5 Å². The first-order chi connectivity index (χ1) is 14.8. The molecule has 2 heterocycles. The molecule has 0 saturated carbocycles. The summed E-state index contributed by atoms with van der Waals surface area (Å²) in [7, 11) is 0. The number of hydrogen-bond acceptors (Lipinski definition) is 3. The van der Waals surface area contributed by atoms with Gasteiger partial charge in [0.2, 0.25) is 5.91 Å². The van der Waals surface area contributed by atoms with Crippen LogP contribution in [0.2, 0.25) is 0 Å². The topological polar surface area (TPSA) is 74.8 Å². The lowest BCUT2D eigenvalue weighted by molar-refractivity contribution is -0.120. The minimum atomic E-state index is -1.03. The minimum Gasteiger partial charge on any atom is -0.356 e. The van der Waals surface area contributed by atoms with Gasteiger partial charge < -0.3 is 10.3 Å². The molecule has 0 saturated heterocycles. The Balaban J connectivity index is 1.68. The number of aryl methyl sites for hydroxylation is 2. The Morgan fingerprint density at radius 1 is 1.23 bits per heavy atom. The molecule has 0 fully saturated rings. The van der Waals surface area contributed by atoms with Crippen molar-refractivity contribution in [3.63, 3.8) is 0 Å². The van der Waals surface area contributed by atoms with Gasteiger partial charge in [-0.2, -0.15) is 0 Å². The van der Waals surface area contributed by atoms with Crippen LogP contribution < -0.4 is 10.9 Å². The van der Waals surface area contributed by atoms with E-state index in [4.69, 9.17) is 0 Å². The number of hydrogen-bond donors (Lipinski definition) is 2. The number of benzene rings is 1. The predicted octanol–water partition coefficient (Wildman–Crippen LogP) is 4.36. The van der Waals surface area contributed by atoms with Crippen LogP contribution >= 0.6 is 0 Å². The molecule has 2 N–H and O–H groups in total. The van der Waals surface area contributed by atoms with Crippen molar-refractivity contribution in [3.05, 3.63) is 80.9 Å². The smallest absolute Gasteiger partial charge is 0.252 e. The van der Waals surface area contributed by atoms with E-state index >= 15 is 0 Å². The fourth-order valence-corrected chi connectivity index (χ4v) is 3.63. The van der Waals surface area contributed by atoms with Crippen LogP contribution in [0.25, 0.3) is 16.5 Å². The van der Waals surface area contributed by atoms with Crippen LogP contribution in [0.4, 0.5) is 8.78 Å². The minimum absolute atomic E-state index is 0.00955. The molecule has 0 bridgehead atoms. The molecule has 3 aromatic rings. The second-order valence-electron chi connectivity index (χ2n) is 7.49. The van der Waals surface area contributed by atoms with Gasteiger partial charge in [-0.15, -0.1) is 0 Å². The lowest BCUT2D eigenvalue weighted by Crippen LogP contribution is -2.29. The number of halogens is 2. The van der Waals surface area contributed by atoms with E-state index < -0.39 is 17.2 Å². The third-order valence-electron chi connectivity index (χ3n) is 5.27. The standard InChI is InChI=1S/C24H25F2N3O2/c1-4-16(17-10-14(2)12-27-13-17)6-5-9-28-21(30)11-18-15(3)22-20(29-24(18)31)8-7-19(25)23(22)26/h6-8,10,12-13H,4-5,9,11H2,1-3H3,(H,28,30)(H,29,31)/b16-6+. The molecule has 0 aliphatic heterocycles. The Kier molecular flexibility index (Phi) is 6.95. The lowest BCUT2D eigenvalue weighted by atomic mass is 10.0. The second-order valence-corrected chi connectivity index (χ2v) is 7.49.